The molecule has 0 saturated carbocycles. The van der Waals surface area contributed by atoms with Gasteiger partial charge in [-0.15, -0.1) is 10.2 Å². The molecule has 1 amide bonds. The first kappa shape index (κ1) is 11.6. The fourth-order valence-corrected chi connectivity index (χ4v) is 1.43. The standard InChI is InChI=1S/C9H17N5O/c1-6(8-13-11-5-14(8)4)12-7(2)9(15)10-3/h5-7,12H,1-4H3,(H,10,15). The molecule has 0 spiro atoms. The number of hydrogen-bond donors (Lipinski definition) is 2. The zero-order valence-corrected chi connectivity index (χ0v) is 9.48. The summed E-state index contributed by atoms with van der Waals surface area (Å²) in [6, 6.07) is -0.258. The molecule has 2 N–H and O–H groups in total. The third kappa shape index (κ3) is 2.76. The molecule has 0 aromatic carbocycles. The number of likely N-dealkylation sites (N-methyl/N-ethyl adjacent to an activating group) is 1. The first-order chi connectivity index (χ1) is 7.06. The van der Waals surface area contributed by atoms with Gasteiger partial charge in [-0.3, -0.25) is 10.1 Å². The Kier molecular flexibility index (Phi) is 3.79. The Bertz CT molecular complexity index is 335. The molecule has 2 atom stereocenters. The van der Waals surface area contributed by atoms with Gasteiger partial charge in [0.15, 0.2) is 0 Å². The maximum Gasteiger partial charge on any atom is 0.236 e. The second-order valence-electron chi connectivity index (χ2n) is 3.52. The number of nitrogens with one attached hydrogen (secondary N) is 2. The zero-order chi connectivity index (χ0) is 11.4. The normalized spacial score (nSPS) is 14.7. The average molecular weight is 211 g/mol. The molecule has 84 valence electrons. The fraction of sp³-hybridized carbons (Fsp3) is 0.667. The van der Waals surface area contributed by atoms with Gasteiger partial charge in [0, 0.05) is 14.1 Å². The van der Waals surface area contributed by atoms with Crippen LogP contribution in [-0.4, -0.2) is 33.8 Å². The van der Waals surface area contributed by atoms with Crippen LogP contribution in [0.4, 0.5) is 0 Å². The van der Waals surface area contributed by atoms with E-state index in [0.29, 0.717) is 0 Å². The Hall–Kier alpha value is -1.43. The minimum Gasteiger partial charge on any atom is -0.358 e. The monoisotopic (exact) mass is 211 g/mol. The summed E-state index contributed by atoms with van der Waals surface area (Å²) in [5, 5.41) is 13.5. The quantitative estimate of drug-likeness (QED) is 0.711. The van der Waals surface area contributed by atoms with Gasteiger partial charge in [0.25, 0.3) is 0 Å². The maximum atomic E-state index is 11.3. The number of hydrogen-bond acceptors (Lipinski definition) is 4. The number of carbonyl (C=O) groups is 1. The zero-order valence-electron chi connectivity index (χ0n) is 9.48. The summed E-state index contributed by atoms with van der Waals surface area (Å²) in [7, 11) is 3.49. The van der Waals surface area contributed by atoms with E-state index < -0.39 is 0 Å². The highest BCUT2D eigenvalue weighted by molar-refractivity contribution is 5.80. The van der Waals surface area contributed by atoms with Crippen LogP contribution in [0.3, 0.4) is 0 Å². The van der Waals surface area contributed by atoms with Gasteiger partial charge in [-0.1, -0.05) is 0 Å². The molecule has 0 saturated heterocycles. The molecule has 0 fully saturated rings. The van der Waals surface area contributed by atoms with Crippen LogP contribution in [0, 0.1) is 0 Å². The van der Waals surface area contributed by atoms with Crippen LogP contribution < -0.4 is 10.6 Å². The third-order valence-corrected chi connectivity index (χ3v) is 2.27. The van der Waals surface area contributed by atoms with Gasteiger partial charge in [-0.05, 0) is 13.8 Å². The Morgan fingerprint density at radius 3 is 2.67 bits per heavy atom. The van der Waals surface area contributed by atoms with E-state index in [9.17, 15) is 4.79 Å². The smallest absolute Gasteiger partial charge is 0.236 e. The Labute approximate surface area is 89.1 Å². The predicted molar refractivity (Wildman–Crippen MR) is 56.1 cm³/mol. The fourth-order valence-electron chi connectivity index (χ4n) is 1.43. The van der Waals surface area contributed by atoms with Crippen molar-refractivity contribution in [3.63, 3.8) is 0 Å². The van der Waals surface area contributed by atoms with E-state index >= 15 is 0 Å². The largest absolute Gasteiger partial charge is 0.358 e. The molecule has 6 nitrogen and oxygen atoms in total. The predicted octanol–water partition coefficient (Wildman–Crippen LogP) is -0.400. The Morgan fingerprint density at radius 1 is 1.53 bits per heavy atom. The van der Waals surface area contributed by atoms with Crippen LogP contribution in [0.15, 0.2) is 6.33 Å². The lowest BCUT2D eigenvalue weighted by molar-refractivity contribution is -0.122. The molecule has 1 aromatic rings. The maximum absolute atomic E-state index is 11.3. The second kappa shape index (κ2) is 4.88. The first-order valence-corrected chi connectivity index (χ1v) is 4.87. The van der Waals surface area contributed by atoms with Crippen LogP contribution in [0.2, 0.25) is 0 Å². The van der Waals surface area contributed by atoms with Gasteiger partial charge >= 0.3 is 0 Å². The molecule has 0 aliphatic heterocycles. The summed E-state index contributed by atoms with van der Waals surface area (Å²) in [6.07, 6.45) is 1.64. The van der Waals surface area contributed by atoms with Crippen LogP contribution in [0.5, 0.6) is 0 Å². The minimum atomic E-state index is -0.248. The summed E-state index contributed by atoms with van der Waals surface area (Å²) in [4.78, 5) is 11.3. The van der Waals surface area contributed by atoms with E-state index in [0.717, 1.165) is 5.82 Å². The number of aryl methyl sites for hydroxylation is 1. The summed E-state index contributed by atoms with van der Waals surface area (Å²) < 4.78 is 1.83. The molecular formula is C9H17N5O. The molecule has 1 rings (SSSR count). The van der Waals surface area contributed by atoms with E-state index in [1.807, 2.05) is 25.5 Å². The van der Waals surface area contributed by atoms with Crippen molar-refractivity contribution in [2.75, 3.05) is 7.05 Å². The van der Waals surface area contributed by atoms with E-state index in [2.05, 4.69) is 20.8 Å². The minimum absolute atomic E-state index is 0.00944. The van der Waals surface area contributed by atoms with Crippen LogP contribution in [0.1, 0.15) is 25.7 Å². The lowest BCUT2D eigenvalue weighted by Gasteiger charge is -2.17. The molecule has 6 heteroatoms. The average Bonchev–Trinajstić information content (AvgIpc) is 2.63. The molecule has 0 aliphatic rings. The lowest BCUT2D eigenvalue weighted by atomic mass is 10.2. The molecule has 0 bridgehead atoms. The molecule has 1 aromatic heterocycles. The summed E-state index contributed by atoms with van der Waals surface area (Å²) >= 11 is 0. The van der Waals surface area contributed by atoms with E-state index in [1.54, 1.807) is 13.4 Å². The van der Waals surface area contributed by atoms with Crippen molar-refractivity contribution in [1.29, 1.82) is 0 Å². The third-order valence-electron chi connectivity index (χ3n) is 2.27. The van der Waals surface area contributed by atoms with Gasteiger partial charge in [-0.2, -0.15) is 0 Å². The highest BCUT2D eigenvalue weighted by Crippen LogP contribution is 2.07. The number of nitrogens with zero attached hydrogens (tertiary/aromatic N) is 3. The van der Waals surface area contributed by atoms with E-state index in [4.69, 9.17) is 0 Å². The van der Waals surface area contributed by atoms with Crippen molar-refractivity contribution in [2.24, 2.45) is 7.05 Å². The molecule has 0 radical (unpaired) electrons. The highest BCUT2D eigenvalue weighted by atomic mass is 16.2. The summed E-state index contributed by atoms with van der Waals surface area (Å²) in [6.45, 7) is 3.76. The van der Waals surface area contributed by atoms with Crippen molar-refractivity contribution in [3.05, 3.63) is 12.2 Å². The molecule has 0 aliphatic carbocycles. The number of aromatic nitrogens is 3. The van der Waals surface area contributed by atoms with Crippen molar-refractivity contribution < 1.29 is 4.79 Å². The first-order valence-electron chi connectivity index (χ1n) is 4.87. The lowest BCUT2D eigenvalue weighted by Crippen LogP contribution is -2.42. The highest BCUT2D eigenvalue weighted by Gasteiger charge is 2.17. The molecule has 15 heavy (non-hydrogen) atoms. The van der Waals surface area contributed by atoms with Crippen molar-refractivity contribution in [3.8, 4) is 0 Å². The SMILES string of the molecule is CNC(=O)C(C)NC(C)c1nncn1C. The van der Waals surface area contributed by atoms with Crippen LogP contribution >= 0.6 is 0 Å². The van der Waals surface area contributed by atoms with Gasteiger partial charge < -0.3 is 9.88 Å². The second-order valence-corrected chi connectivity index (χ2v) is 3.52. The molecular weight excluding hydrogens is 194 g/mol. The molecule has 1 heterocycles. The summed E-state index contributed by atoms with van der Waals surface area (Å²) in [5.74, 6) is 0.773. The van der Waals surface area contributed by atoms with Gasteiger partial charge in [0.05, 0.1) is 12.1 Å². The Balaban J connectivity index is 2.60. The summed E-state index contributed by atoms with van der Waals surface area (Å²) in [5.41, 5.74) is 0. The van der Waals surface area contributed by atoms with Crippen LogP contribution in [-0.2, 0) is 11.8 Å². The van der Waals surface area contributed by atoms with Crippen molar-refractivity contribution >= 4 is 5.91 Å². The van der Waals surface area contributed by atoms with Crippen molar-refractivity contribution in [2.45, 2.75) is 25.9 Å². The number of amides is 1. The van der Waals surface area contributed by atoms with E-state index in [-0.39, 0.29) is 18.0 Å². The number of carbonyl (C=O) groups excluding carboxylic acids is 1. The van der Waals surface area contributed by atoms with Gasteiger partial charge in [-0.25, -0.2) is 0 Å². The molecule has 2 unspecified atom stereocenters. The topological polar surface area (TPSA) is 71.8 Å². The van der Waals surface area contributed by atoms with Gasteiger partial charge in [0.1, 0.15) is 12.2 Å². The Morgan fingerprint density at radius 2 is 2.20 bits per heavy atom. The van der Waals surface area contributed by atoms with Gasteiger partial charge in [0.2, 0.25) is 5.91 Å². The number of rotatable bonds is 4. The van der Waals surface area contributed by atoms with E-state index in [1.165, 1.54) is 0 Å². The van der Waals surface area contributed by atoms with Crippen molar-refractivity contribution in [1.82, 2.24) is 25.4 Å². The van der Waals surface area contributed by atoms with Crippen LogP contribution in [0.25, 0.3) is 0 Å².